The van der Waals surface area contributed by atoms with Crippen LogP contribution in [0.15, 0.2) is 84.9 Å². The average Bonchev–Trinajstić information content (AvgIpc) is 3.06. The monoisotopic (exact) mass is 413 g/mol. The largest absolute Gasteiger partial charge is 0.449 e. The number of esters is 1. The molecule has 0 bridgehead atoms. The molecule has 6 heteroatoms. The molecule has 4 rings (SSSR count). The molecule has 1 unspecified atom stereocenters. The van der Waals surface area contributed by atoms with Gasteiger partial charge in [-0.15, -0.1) is 0 Å². The number of benzene rings is 3. The van der Waals surface area contributed by atoms with E-state index in [1.807, 2.05) is 0 Å². The van der Waals surface area contributed by atoms with Gasteiger partial charge >= 0.3 is 5.97 Å². The van der Waals surface area contributed by atoms with Gasteiger partial charge in [-0.25, -0.2) is 0 Å². The predicted octanol–water partition coefficient (Wildman–Crippen LogP) is 3.84. The molecule has 0 aromatic heterocycles. The number of carbonyl (C=O) groups excluding carboxylic acids is 4. The van der Waals surface area contributed by atoms with Crippen molar-refractivity contribution in [3.63, 3.8) is 0 Å². The average molecular weight is 413 g/mol. The molecule has 0 aliphatic carbocycles. The number of fused-ring (bicyclic) bond motifs is 1. The third-order valence-corrected chi connectivity index (χ3v) is 5.07. The maximum Gasteiger partial charge on any atom is 0.308 e. The van der Waals surface area contributed by atoms with Crippen molar-refractivity contribution in [2.24, 2.45) is 0 Å². The normalized spacial score (nSPS) is 13.6. The number of imide groups is 1. The molecule has 1 aliphatic rings. The van der Waals surface area contributed by atoms with Crippen molar-refractivity contribution >= 4 is 23.6 Å². The highest BCUT2D eigenvalue weighted by atomic mass is 16.5. The van der Waals surface area contributed by atoms with Gasteiger partial charge in [-0.2, -0.15) is 0 Å². The summed E-state index contributed by atoms with van der Waals surface area (Å²) in [5.41, 5.74) is 1.61. The minimum Gasteiger partial charge on any atom is -0.449 e. The Morgan fingerprint density at radius 3 is 1.84 bits per heavy atom. The number of hydrogen-bond donors (Lipinski definition) is 0. The summed E-state index contributed by atoms with van der Waals surface area (Å²) in [6.45, 7) is -0.119. The van der Waals surface area contributed by atoms with Crippen molar-refractivity contribution in [1.29, 1.82) is 0 Å². The molecular formula is C25H19NO5. The fourth-order valence-electron chi connectivity index (χ4n) is 3.49. The molecule has 3 aromatic carbocycles. The van der Waals surface area contributed by atoms with E-state index < -0.39 is 23.9 Å². The highest BCUT2D eigenvalue weighted by molar-refractivity contribution is 6.21. The van der Waals surface area contributed by atoms with Gasteiger partial charge in [0.2, 0.25) is 5.78 Å². The minimum absolute atomic E-state index is 0.119. The Kier molecular flexibility index (Phi) is 5.71. The maximum atomic E-state index is 13.0. The van der Waals surface area contributed by atoms with E-state index in [9.17, 15) is 19.2 Å². The molecule has 0 fully saturated rings. The number of ether oxygens (including phenoxy) is 1. The van der Waals surface area contributed by atoms with Crippen molar-refractivity contribution in [1.82, 2.24) is 4.90 Å². The molecule has 0 N–H and O–H groups in total. The summed E-state index contributed by atoms with van der Waals surface area (Å²) in [5, 5.41) is 0. The Labute approximate surface area is 179 Å². The second-order valence-electron chi connectivity index (χ2n) is 7.07. The zero-order valence-corrected chi connectivity index (χ0v) is 16.6. The van der Waals surface area contributed by atoms with Gasteiger partial charge in [-0.05, 0) is 12.1 Å². The molecule has 31 heavy (non-hydrogen) atoms. The van der Waals surface area contributed by atoms with E-state index in [0.29, 0.717) is 22.3 Å². The lowest BCUT2D eigenvalue weighted by molar-refractivity contribution is -0.147. The second-order valence-corrected chi connectivity index (χ2v) is 7.07. The Bertz CT molecular complexity index is 1110. The molecule has 0 spiro atoms. The summed E-state index contributed by atoms with van der Waals surface area (Å²) in [7, 11) is 0. The van der Waals surface area contributed by atoms with Crippen LogP contribution in [0.1, 0.15) is 49.2 Å². The first-order chi connectivity index (χ1) is 15.1. The van der Waals surface area contributed by atoms with Crippen molar-refractivity contribution in [3.05, 3.63) is 107 Å². The van der Waals surface area contributed by atoms with Gasteiger partial charge < -0.3 is 4.74 Å². The summed E-state index contributed by atoms with van der Waals surface area (Å²) >= 11 is 0. The van der Waals surface area contributed by atoms with Crippen LogP contribution in [0.2, 0.25) is 0 Å². The van der Waals surface area contributed by atoms with E-state index in [2.05, 4.69) is 0 Å². The number of carbonyl (C=O) groups is 4. The third-order valence-electron chi connectivity index (χ3n) is 5.07. The molecule has 3 aromatic rings. The molecule has 2 amide bonds. The molecule has 0 radical (unpaired) electrons. The number of ketones is 1. The van der Waals surface area contributed by atoms with Crippen molar-refractivity contribution in [2.75, 3.05) is 6.54 Å². The van der Waals surface area contributed by atoms with Crippen LogP contribution in [0.3, 0.4) is 0 Å². The van der Waals surface area contributed by atoms with Gasteiger partial charge in [-0.1, -0.05) is 72.8 Å². The molecule has 1 atom stereocenters. The summed E-state index contributed by atoms with van der Waals surface area (Å²) in [6.07, 6.45) is -1.32. The van der Waals surface area contributed by atoms with E-state index in [4.69, 9.17) is 4.74 Å². The summed E-state index contributed by atoms with van der Waals surface area (Å²) in [6, 6.07) is 23.8. The van der Waals surface area contributed by atoms with Crippen LogP contribution in [-0.4, -0.2) is 35.0 Å². The highest BCUT2D eigenvalue weighted by Gasteiger charge is 2.35. The first-order valence-corrected chi connectivity index (χ1v) is 9.85. The molecule has 0 saturated heterocycles. The van der Waals surface area contributed by atoms with Crippen LogP contribution in [0.25, 0.3) is 0 Å². The number of hydrogen-bond acceptors (Lipinski definition) is 5. The fourth-order valence-corrected chi connectivity index (χ4v) is 3.49. The van der Waals surface area contributed by atoms with Crippen LogP contribution in [-0.2, 0) is 9.53 Å². The van der Waals surface area contributed by atoms with Crippen molar-refractivity contribution in [2.45, 2.75) is 12.5 Å². The van der Waals surface area contributed by atoms with Crippen LogP contribution in [0, 0.1) is 0 Å². The molecule has 6 nitrogen and oxygen atoms in total. The first kappa shape index (κ1) is 20.2. The smallest absolute Gasteiger partial charge is 0.308 e. The Hall–Kier alpha value is -4.06. The zero-order valence-electron chi connectivity index (χ0n) is 16.6. The standard InChI is InChI=1S/C25H19NO5/c27-21(15-16-26-24(29)19-13-7-8-14-20(19)25(26)30)31-23(18-11-5-2-6-12-18)22(28)17-9-3-1-4-10-17/h1-14,23H,15-16H2. The summed E-state index contributed by atoms with van der Waals surface area (Å²) in [5.74, 6) is -1.89. The van der Waals surface area contributed by atoms with Gasteiger partial charge in [-0.3, -0.25) is 24.1 Å². The van der Waals surface area contributed by atoms with Gasteiger partial charge in [0.25, 0.3) is 11.8 Å². The number of nitrogens with zero attached hydrogens (tertiary/aromatic N) is 1. The van der Waals surface area contributed by atoms with E-state index >= 15 is 0 Å². The van der Waals surface area contributed by atoms with E-state index in [1.54, 1.807) is 84.9 Å². The van der Waals surface area contributed by atoms with Crippen LogP contribution < -0.4 is 0 Å². The topological polar surface area (TPSA) is 80.8 Å². The van der Waals surface area contributed by atoms with Gasteiger partial charge in [0.1, 0.15) is 0 Å². The first-order valence-electron chi connectivity index (χ1n) is 9.85. The SMILES string of the molecule is O=C(CCN1C(=O)c2ccccc2C1=O)OC(C(=O)c1ccccc1)c1ccccc1. The van der Waals surface area contributed by atoms with E-state index in [0.717, 1.165) is 4.90 Å². The highest BCUT2D eigenvalue weighted by Crippen LogP contribution is 2.25. The minimum atomic E-state index is -1.11. The summed E-state index contributed by atoms with van der Waals surface area (Å²) < 4.78 is 5.52. The Morgan fingerprint density at radius 1 is 0.742 bits per heavy atom. The fraction of sp³-hybridized carbons (Fsp3) is 0.120. The Balaban J connectivity index is 1.47. The van der Waals surface area contributed by atoms with Gasteiger partial charge in [0, 0.05) is 17.7 Å². The quantitative estimate of drug-likeness (QED) is 0.334. The maximum absolute atomic E-state index is 13.0. The summed E-state index contributed by atoms with van der Waals surface area (Å²) in [4.78, 5) is 51.5. The number of Topliss-reactive ketones (excluding diaryl/α,β-unsaturated/α-hetero) is 1. The third kappa shape index (κ3) is 4.14. The van der Waals surface area contributed by atoms with E-state index in [-0.39, 0.29) is 18.7 Å². The molecule has 0 saturated carbocycles. The van der Waals surface area contributed by atoms with Crippen LogP contribution >= 0.6 is 0 Å². The van der Waals surface area contributed by atoms with Crippen molar-refractivity contribution in [3.8, 4) is 0 Å². The Morgan fingerprint density at radius 2 is 1.26 bits per heavy atom. The lowest BCUT2D eigenvalue weighted by Crippen LogP contribution is -2.32. The van der Waals surface area contributed by atoms with E-state index in [1.165, 1.54) is 0 Å². The predicted molar refractivity (Wildman–Crippen MR) is 112 cm³/mol. The number of amides is 2. The lowest BCUT2D eigenvalue weighted by Gasteiger charge is -2.19. The lowest BCUT2D eigenvalue weighted by atomic mass is 10.00. The van der Waals surface area contributed by atoms with Crippen molar-refractivity contribution < 1.29 is 23.9 Å². The van der Waals surface area contributed by atoms with Gasteiger partial charge in [0.05, 0.1) is 17.5 Å². The second kappa shape index (κ2) is 8.75. The number of rotatable bonds is 7. The molecule has 1 aliphatic heterocycles. The molecular weight excluding hydrogens is 394 g/mol. The molecule has 154 valence electrons. The van der Waals surface area contributed by atoms with Crippen LogP contribution in [0.4, 0.5) is 0 Å². The zero-order chi connectivity index (χ0) is 21.8. The van der Waals surface area contributed by atoms with Crippen LogP contribution in [0.5, 0.6) is 0 Å². The molecule has 1 heterocycles. The van der Waals surface area contributed by atoms with Gasteiger partial charge in [0.15, 0.2) is 6.10 Å².